The molecule has 16 heavy (non-hydrogen) atoms. The van der Waals surface area contributed by atoms with Crippen LogP contribution in [0.1, 0.15) is 24.2 Å². The number of phenolic OH excluding ortho intramolecular Hbond substituents is 1. The van der Waals surface area contributed by atoms with E-state index >= 15 is 0 Å². The first-order chi connectivity index (χ1) is 7.29. The topological polar surface area (TPSA) is 75.3 Å². The summed E-state index contributed by atoms with van der Waals surface area (Å²) in [5.74, 6) is -0.507. The van der Waals surface area contributed by atoms with E-state index in [0.29, 0.717) is 11.6 Å². The number of phenols is 1. The van der Waals surface area contributed by atoms with Crippen molar-refractivity contribution in [2.45, 2.75) is 19.4 Å². The third-order valence-corrected chi connectivity index (χ3v) is 2.14. The quantitative estimate of drug-likeness (QED) is 0.752. The van der Waals surface area contributed by atoms with E-state index in [-0.39, 0.29) is 17.2 Å². The molecule has 1 amide bonds. The summed E-state index contributed by atoms with van der Waals surface area (Å²) >= 11 is 5.66. The van der Waals surface area contributed by atoms with Crippen LogP contribution in [0.3, 0.4) is 0 Å². The molecule has 0 atom stereocenters. The predicted octanol–water partition coefficient (Wildman–Crippen LogP) is 1.51. The first-order valence-electron chi connectivity index (χ1n) is 4.85. The Balaban J connectivity index is 2.74. The van der Waals surface area contributed by atoms with Gasteiger partial charge in [-0.2, -0.15) is 0 Å². The molecule has 1 aromatic carbocycles. The first-order valence-corrected chi connectivity index (χ1v) is 5.23. The Morgan fingerprint density at radius 2 is 2.19 bits per heavy atom. The van der Waals surface area contributed by atoms with Crippen molar-refractivity contribution in [3.8, 4) is 5.75 Å². The summed E-state index contributed by atoms with van der Waals surface area (Å²) in [7, 11) is 0. The van der Waals surface area contributed by atoms with Crippen LogP contribution in [0.4, 0.5) is 0 Å². The second kappa shape index (κ2) is 4.72. The van der Waals surface area contributed by atoms with Gasteiger partial charge in [0.15, 0.2) is 0 Å². The third kappa shape index (κ3) is 3.72. The Morgan fingerprint density at radius 3 is 2.69 bits per heavy atom. The molecule has 0 bridgehead atoms. The zero-order valence-electron chi connectivity index (χ0n) is 9.25. The average molecular weight is 243 g/mol. The van der Waals surface area contributed by atoms with Crippen molar-refractivity contribution in [2.75, 3.05) is 6.54 Å². The number of hydrogen-bond donors (Lipinski definition) is 3. The van der Waals surface area contributed by atoms with E-state index in [1.54, 1.807) is 19.9 Å². The smallest absolute Gasteiger partial charge is 0.255 e. The lowest BCUT2D eigenvalue weighted by molar-refractivity contribution is 0.0943. The van der Waals surface area contributed by atoms with Gasteiger partial charge >= 0.3 is 0 Å². The van der Waals surface area contributed by atoms with Crippen LogP contribution in [0.25, 0.3) is 0 Å². The van der Waals surface area contributed by atoms with E-state index in [1.165, 1.54) is 12.1 Å². The van der Waals surface area contributed by atoms with Crippen molar-refractivity contribution in [2.24, 2.45) is 5.73 Å². The van der Waals surface area contributed by atoms with Crippen LogP contribution in [0.2, 0.25) is 5.02 Å². The van der Waals surface area contributed by atoms with Gasteiger partial charge in [-0.15, -0.1) is 0 Å². The molecule has 4 N–H and O–H groups in total. The Morgan fingerprint density at radius 1 is 1.56 bits per heavy atom. The van der Waals surface area contributed by atoms with Crippen LogP contribution in [-0.2, 0) is 0 Å². The predicted molar refractivity (Wildman–Crippen MR) is 63.7 cm³/mol. The lowest BCUT2D eigenvalue weighted by atomic mass is 10.1. The lowest BCUT2D eigenvalue weighted by Gasteiger charge is -2.19. The molecular weight excluding hydrogens is 228 g/mol. The zero-order valence-corrected chi connectivity index (χ0v) is 10.0. The van der Waals surface area contributed by atoms with Gasteiger partial charge in [0.05, 0.1) is 5.56 Å². The molecule has 1 aromatic rings. The molecule has 0 aromatic heterocycles. The minimum atomic E-state index is -0.488. The maximum atomic E-state index is 11.7. The van der Waals surface area contributed by atoms with Crippen LogP contribution >= 0.6 is 11.6 Å². The number of aromatic hydroxyl groups is 1. The second-order valence-electron chi connectivity index (χ2n) is 4.33. The number of nitrogens with two attached hydrogens (primary N) is 1. The van der Waals surface area contributed by atoms with Crippen LogP contribution in [0.5, 0.6) is 5.75 Å². The fourth-order valence-corrected chi connectivity index (χ4v) is 1.27. The van der Waals surface area contributed by atoms with Gasteiger partial charge in [0.2, 0.25) is 0 Å². The van der Waals surface area contributed by atoms with E-state index in [4.69, 9.17) is 17.3 Å². The summed E-state index contributed by atoms with van der Waals surface area (Å²) in [6, 6.07) is 4.34. The van der Waals surface area contributed by atoms with Crippen molar-refractivity contribution in [1.29, 1.82) is 0 Å². The number of nitrogens with one attached hydrogen (secondary N) is 1. The third-order valence-electron chi connectivity index (χ3n) is 1.91. The van der Waals surface area contributed by atoms with E-state index < -0.39 is 5.54 Å². The maximum absolute atomic E-state index is 11.7. The molecule has 0 saturated carbocycles. The Hall–Kier alpha value is -1.26. The van der Waals surface area contributed by atoms with E-state index in [2.05, 4.69) is 5.32 Å². The summed E-state index contributed by atoms with van der Waals surface area (Å²) in [6.07, 6.45) is 0. The molecule has 88 valence electrons. The molecule has 0 saturated heterocycles. The highest BCUT2D eigenvalue weighted by atomic mass is 35.5. The molecule has 0 fully saturated rings. The number of halogens is 1. The number of benzene rings is 1. The van der Waals surface area contributed by atoms with Gasteiger partial charge in [-0.25, -0.2) is 0 Å². The van der Waals surface area contributed by atoms with Gasteiger partial charge < -0.3 is 16.2 Å². The second-order valence-corrected chi connectivity index (χ2v) is 4.77. The monoisotopic (exact) mass is 242 g/mol. The molecule has 4 nitrogen and oxygen atoms in total. The summed E-state index contributed by atoms with van der Waals surface area (Å²) in [6.45, 7) is 3.93. The summed E-state index contributed by atoms with van der Waals surface area (Å²) in [4.78, 5) is 11.7. The van der Waals surface area contributed by atoms with Crippen LogP contribution in [0, 0.1) is 0 Å². The standard InChI is InChI=1S/C11H15ClN2O2/c1-11(2,13)6-14-10(16)8-4-3-7(12)5-9(8)15/h3-5,15H,6,13H2,1-2H3,(H,14,16). The van der Waals surface area contributed by atoms with E-state index in [1.807, 2.05) is 0 Å². The van der Waals surface area contributed by atoms with Crippen molar-refractivity contribution < 1.29 is 9.90 Å². The number of carbonyl (C=O) groups excluding carboxylic acids is 1. The number of amides is 1. The number of carbonyl (C=O) groups is 1. The molecule has 0 radical (unpaired) electrons. The van der Waals surface area contributed by atoms with Gasteiger partial charge in [-0.3, -0.25) is 4.79 Å². The van der Waals surface area contributed by atoms with Crippen LogP contribution in [-0.4, -0.2) is 23.1 Å². The first kappa shape index (κ1) is 12.8. The molecule has 0 unspecified atom stereocenters. The van der Waals surface area contributed by atoms with Crippen LogP contribution in [0.15, 0.2) is 18.2 Å². The summed E-state index contributed by atoms with van der Waals surface area (Å²) in [5, 5.41) is 12.5. The Labute approximate surface area is 99.4 Å². The lowest BCUT2D eigenvalue weighted by Crippen LogP contribution is -2.45. The molecule has 0 aliphatic rings. The van der Waals surface area contributed by atoms with Gasteiger partial charge in [0.25, 0.3) is 5.91 Å². The largest absolute Gasteiger partial charge is 0.507 e. The highest BCUT2D eigenvalue weighted by molar-refractivity contribution is 6.30. The summed E-state index contributed by atoms with van der Waals surface area (Å²) < 4.78 is 0. The summed E-state index contributed by atoms with van der Waals surface area (Å²) in [5.41, 5.74) is 5.43. The molecule has 0 aliphatic heterocycles. The van der Waals surface area contributed by atoms with Crippen molar-refractivity contribution in [3.63, 3.8) is 0 Å². The van der Waals surface area contributed by atoms with Gasteiger partial charge in [-0.1, -0.05) is 11.6 Å². The van der Waals surface area contributed by atoms with E-state index in [0.717, 1.165) is 0 Å². The molecular formula is C11H15ClN2O2. The number of hydrogen-bond acceptors (Lipinski definition) is 3. The molecule has 1 rings (SSSR count). The SMILES string of the molecule is CC(C)(N)CNC(=O)c1ccc(Cl)cc1O. The van der Waals surface area contributed by atoms with E-state index in [9.17, 15) is 9.90 Å². The minimum absolute atomic E-state index is 0.139. The average Bonchev–Trinajstić information content (AvgIpc) is 2.13. The molecule has 0 spiro atoms. The maximum Gasteiger partial charge on any atom is 0.255 e. The van der Waals surface area contributed by atoms with Gasteiger partial charge in [-0.05, 0) is 32.0 Å². The van der Waals surface area contributed by atoms with Crippen molar-refractivity contribution in [1.82, 2.24) is 5.32 Å². The highest BCUT2D eigenvalue weighted by Crippen LogP contribution is 2.21. The van der Waals surface area contributed by atoms with Gasteiger partial charge in [0, 0.05) is 17.1 Å². The minimum Gasteiger partial charge on any atom is -0.507 e. The fourth-order valence-electron chi connectivity index (χ4n) is 1.10. The van der Waals surface area contributed by atoms with Gasteiger partial charge in [0.1, 0.15) is 5.75 Å². The van der Waals surface area contributed by atoms with Crippen molar-refractivity contribution >= 4 is 17.5 Å². The Bertz CT molecular complexity index is 399. The highest BCUT2D eigenvalue weighted by Gasteiger charge is 2.15. The van der Waals surface area contributed by atoms with Crippen LogP contribution < -0.4 is 11.1 Å². The zero-order chi connectivity index (χ0) is 12.3. The normalized spacial score (nSPS) is 11.2. The number of rotatable bonds is 3. The Kier molecular flexibility index (Phi) is 3.78. The molecule has 0 aliphatic carbocycles. The molecule has 5 heteroatoms. The fraction of sp³-hybridized carbons (Fsp3) is 0.364. The molecule has 0 heterocycles. The van der Waals surface area contributed by atoms with Crippen molar-refractivity contribution in [3.05, 3.63) is 28.8 Å².